The number of amides is 2. The van der Waals surface area contributed by atoms with Crippen LogP contribution in [0.15, 0.2) is 66.7 Å². The lowest BCUT2D eigenvalue weighted by Crippen LogP contribution is -2.40. The van der Waals surface area contributed by atoms with Crippen molar-refractivity contribution >= 4 is 33.6 Å². The summed E-state index contributed by atoms with van der Waals surface area (Å²) in [5.74, 6) is -0.409. The highest BCUT2D eigenvalue weighted by Gasteiger charge is 2.25. The molecule has 0 aliphatic heterocycles. The van der Waals surface area contributed by atoms with Crippen LogP contribution in [0, 0.1) is 0 Å². The van der Waals surface area contributed by atoms with E-state index in [1.165, 1.54) is 4.90 Å². The second-order valence-corrected chi connectivity index (χ2v) is 14.8. The number of carbonyl (C=O) groups excluding carboxylic acids is 2. The fourth-order valence-electron chi connectivity index (χ4n) is 4.70. The average molecular weight is 689 g/mol. The van der Waals surface area contributed by atoms with Crippen molar-refractivity contribution in [3.63, 3.8) is 0 Å². The van der Waals surface area contributed by atoms with E-state index in [2.05, 4.69) is 0 Å². The first kappa shape index (κ1) is 37.8. The Labute approximate surface area is 282 Å². The van der Waals surface area contributed by atoms with Crippen molar-refractivity contribution in [2.24, 2.45) is 0 Å². The van der Waals surface area contributed by atoms with Gasteiger partial charge in [0, 0.05) is 23.7 Å². The van der Waals surface area contributed by atoms with Crippen LogP contribution in [0.3, 0.4) is 0 Å². The molecule has 12 heteroatoms. The number of benzene rings is 3. The molecule has 2 amide bonds. The van der Waals surface area contributed by atoms with E-state index < -0.39 is 33.7 Å². The van der Waals surface area contributed by atoms with E-state index in [-0.39, 0.29) is 37.0 Å². The molecule has 10 nitrogen and oxygen atoms in total. The van der Waals surface area contributed by atoms with Crippen LogP contribution in [-0.4, -0.2) is 72.7 Å². The highest BCUT2D eigenvalue weighted by Crippen LogP contribution is 2.30. The Morgan fingerprint density at radius 1 is 0.979 bits per heavy atom. The molecular formula is C35H45ClN2O8S. The molecule has 256 valence electrons. The molecule has 0 aliphatic carbocycles. The molecule has 0 unspecified atom stereocenters. The Balaban J connectivity index is 1.75. The lowest BCUT2D eigenvalue weighted by atomic mass is 9.99. The third kappa shape index (κ3) is 12.5. The summed E-state index contributed by atoms with van der Waals surface area (Å²) in [7, 11) is -3.84. The predicted octanol–water partition coefficient (Wildman–Crippen LogP) is 6.14. The lowest BCUT2D eigenvalue weighted by Gasteiger charge is -2.29. The SMILES string of the molecule is CC(C)Oc1cc(-c2ccc(C(=O)NS(=O)(=O)CCCO)cc2)ccc1CCCN(C[C@H](O)c1cccc(Cl)c1)C(=O)OC(C)(C)C. The third-order valence-electron chi connectivity index (χ3n) is 6.88. The fourth-order valence-corrected chi connectivity index (χ4v) is 5.91. The maximum atomic E-state index is 13.1. The standard InChI is InChI=1S/C35H45ClN2O8S/c1-24(2)45-32-22-28(25-12-15-27(16-13-25)33(41)37-47(43,44)20-8-19-39)17-14-26(32)10-7-18-38(34(42)46-35(3,4)5)23-31(40)29-9-6-11-30(36)21-29/h6,9,11-17,21-22,24,31,39-40H,7-8,10,18-20,23H2,1-5H3,(H,37,41)/t31-/m0/s1. The van der Waals surface area contributed by atoms with Gasteiger partial charge in [-0.25, -0.2) is 17.9 Å². The molecule has 0 fully saturated rings. The normalized spacial score (nSPS) is 12.4. The third-order valence-corrected chi connectivity index (χ3v) is 8.44. The first-order chi connectivity index (χ1) is 22.1. The van der Waals surface area contributed by atoms with Gasteiger partial charge in [-0.1, -0.05) is 48.0 Å². The molecule has 0 aliphatic rings. The van der Waals surface area contributed by atoms with Gasteiger partial charge in [0.2, 0.25) is 10.0 Å². The van der Waals surface area contributed by atoms with Gasteiger partial charge < -0.3 is 24.6 Å². The average Bonchev–Trinajstić information content (AvgIpc) is 2.99. The van der Waals surface area contributed by atoms with Crippen molar-refractivity contribution in [2.45, 2.75) is 71.7 Å². The van der Waals surface area contributed by atoms with Crippen molar-refractivity contribution in [1.29, 1.82) is 0 Å². The van der Waals surface area contributed by atoms with E-state index >= 15 is 0 Å². The number of ether oxygens (including phenoxy) is 2. The minimum atomic E-state index is -3.84. The maximum Gasteiger partial charge on any atom is 0.410 e. The van der Waals surface area contributed by atoms with Crippen molar-refractivity contribution in [1.82, 2.24) is 9.62 Å². The predicted molar refractivity (Wildman–Crippen MR) is 183 cm³/mol. The Morgan fingerprint density at radius 2 is 1.66 bits per heavy atom. The molecule has 3 aromatic carbocycles. The van der Waals surface area contributed by atoms with Gasteiger partial charge in [-0.05, 0) is 106 Å². The molecule has 0 radical (unpaired) electrons. The highest BCUT2D eigenvalue weighted by atomic mass is 35.5. The van der Waals surface area contributed by atoms with E-state index in [4.69, 9.17) is 26.2 Å². The summed E-state index contributed by atoms with van der Waals surface area (Å²) in [6.45, 7) is 9.31. The number of hydrogen-bond acceptors (Lipinski definition) is 8. The molecule has 0 bridgehead atoms. The van der Waals surface area contributed by atoms with Crippen LogP contribution in [0.25, 0.3) is 11.1 Å². The highest BCUT2D eigenvalue weighted by molar-refractivity contribution is 7.90. The number of sulfonamides is 1. The van der Waals surface area contributed by atoms with E-state index in [0.717, 1.165) is 16.7 Å². The second kappa shape index (κ2) is 17.0. The number of hydrogen-bond donors (Lipinski definition) is 3. The quantitative estimate of drug-likeness (QED) is 0.173. The Morgan fingerprint density at radius 3 is 2.28 bits per heavy atom. The molecule has 3 aromatic rings. The summed E-state index contributed by atoms with van der Waals surface area (Å²) < 4.78 is 37.9. The number of aryl methyl sites for hydroxylation is 1. The molecular weight excluding hydrogens is 644 g/mol. The smallest absolute Gasteiger partial charge is 0.410 e. The summed E-state index contributed by atoms with van der Waals surface area (Å²) >= 11 is 6.11. The van der Waals surface area contributed by atoms with Crippen LogP contribution in [0.4, 0.5) is 4.79 Å². The van der Waals surface area contributed by atoms with E-state index in [0.29, 0.717) is 35.7 Å². The van der Waals surface area contributed by atoms with Crippen molar-refractivity contribution < 1.29 is 37.7 Å². The molecule has 1 atom stereocenters. The number of aliphatic hydroxyl groups is 2. The summed E-state index contributed by atoms with van der Waals surface area (Å²) in [5.41, 5.74) is 2.66. The molecule has 0 saturated heterocycles. The minimum absolute atomic E-state index is 0.0339. The maximum absolute atomic E-state index is 13.1. The van der Waals surface area contributed by atoms with Gasteiger partial charge in [-0.15, -0.1) is 0 Å². The molecule has 3 rings (SSSR count). The van der Waals surface area contributed by atoms with Crippen LogP contribution in [0.5, 0.6) is 5.75 Å². The topological polar surface area (TPSA) is 142 Å². The second-order valence-electron chi connectivity index (χ2n) is 12.5. The molecule has 47 heavy (non-hydrogen) atoms. The van der Waals surface area contributed by atoms with Gasteiger partial charge in [-0.3, -0.25) is 4.79 Å². The summed E-state index contributed by atoms with van der Waals surface area (Å²) in [4.78, 5) is 27.1. The first-order valence-corrected chi connectivity index (χ1v) is 17.6. The zero-order valence-corrected chi connectivity index (χ0v) is 29.1. The molecule has 0 aromatic heterocycles. The van der Waals surface area contributed by atoms with Crippen molar-refractivity contribution in [3.8, 4) is 16.9 Å². The van der Waals surface area contributed by atoms with Gasteiger partial charge in [0.25, 0.3) is 5.91 Å². The van der Waals surface area contributed by atoms with Gasteiger partial charge >= 0.3 is 6.09 Å². The van der Waals surface area contributed by atoms with Crippen molar-refractivity contribution in [2.75, 3.05) is 25.4 Å². The molecule has 0 spiro atoms. The number of nitrogens with zero attached hydrogens (tertiary/aromatic N) is 1. The van der Waals surface area contributed by atoms with Gasteiger partial charge in [-0.2, -0.15) is 0 Å². The molecule has 0 heterocycles. The zero-order valence-electron chi connectivity index (χ0n) is 27.5. The summed E-state index contributed by atoms with van der Waals surface area (Å²) in [5, 5.41) is 20.3. The van der Waals surface area contributed by atoms with E-state index in [1.807, 2.05) is 36.8 Å². The number of aliphatic hydroxyl groups excluding tert-OH is 2. The van der Waals surface area contributed by atoms with E-state index in [9.17, 15) is 23.1 Å². The molecule has 0 saturated carbocycles. The number of carbonyl (C=O) groups is 2. The van der Waals surface area contributed by atoms with Crippen LogP contribution < -0.4 is 9.46 Å². The van der Waals surface area contributed by atoms with Crippen LogP contribution in [0.1, 0.15) is 75.0 Å². The number of rotatable bonds is 15. The van der Waals surface area contributed by atoms with Crippen molar-refractivity contribution in [3.05, 3.63) is 88.4 Å². The monoisotopic (exact) mass is 688 g/mol. The lowest BCUT2D eigenvalue weighted by molar-refractivity contribution is 0.0142. The van der Waals surface area contributed by atoms with Crippen LogP contribution in [0.2, 0.25) is 5.02 Å². The molecule has 3 N–H and O–H groups in total. The number of nitrogens with one attached hydrogen (secondary N) is 1. The van der Waals surface area contributed by atoms with Crippen LogP contribution in [-0.2, 0) is 21.2 Å². The Kier molecular flexibility index (Phi) is 13.6. The first-order valence-electron chi connectivity index (χ1n) is 15.5. The van der Waals surface area contributed by atoms with Gasteiger partial charge in [0.05, 0.1) is 24.5 Å². The van der Waals surface area contributed by atoms with Crippen LogP contribution >= 0.6 is 11.6 Å². The van der Waals surface area contributed by atoms with E-state index in [1.54, 1.807) is 69.3 Å². The fraction of sp³-hybridized carbons (Fsp3) is 0.429. The van der Waals surface area contributed by atoms with Gasteiger partial charge in [0.15, 0.2) is 0 Å². The minimum Gasteiger partial charge on any atom is -0.491 e. The zero-order chi connectivity index (χ0) is 34.8. The number of halogens is 1. The van der Waals surface area contributed by atoms with Gasteiger partial charge in [0.1, 0.15) is 11.4 Å². The largest absolute Gasteiger partial charge is 0.491 e. The summed E-state index contributed by atoms with van der Waals surface area (Å²) in [6.07, 6.45) is -0.387. The summed E-state index contributed by atoms with van der Waals surface area (Å²) in [6, 6.07) is 19.3. The Hall–Kier alpha value is -3.64. The Bertz CT molecular complexity index is 1600.